The van der Waals surface area contributed by atoms with Gasteiger partial charge in [-0.1, -0.05) is 6.92 Å². The molecule has 1 N–H and O–H groups in total. The Balaban J connectivity index is 2.35. The first kappa shape index (κ1) is 13.0. The maximum atomic E-state index is 11.9. The average Bonchev–Trinajstić information content (AvgIpc) is 2.28. The van der Waals surface area contributed by atoms with Gasteiger partial charge in [0, 0.05) is 25.4 Å². The number of carboxylic acid groups (broad SMARTS) is 1. The maximum absolute atomic E-state index is 11.9. The lowest BCUT2D eigenvalue weighted by Crippen LogP contribution is -2.43. The van der Waals surface area contributed by atoms with Crippen LogP contribution >= 0.6 is 0 Å². The summed E-state index contributed by atoms with van der Waals surface area (Å²) in [5.74, 6) is -0.689. The molecule has 0 radical (unpaired) electrons. The van der Waals surface area contributed by atoms with Crippen LogP contribution in [0.1, 0.15) is 51.9 Å². The summed E-state index contributed by atoms with van der Waals surface area (Å²) in [6.45, 7) is 2.96. The number of carboxylic acids is 1. The van der Waals surface area contributed by atoms with Crippen LogP contribution in [-0.4, -0.2) is 34.5 Å². The van der Waals surface area contributed by atoms with Gasteiger partial charge in [0.25, 0.3) is 0 Å². The number of hydrogen-bond acceptors (Lipinski definition) is 2. The zero-order valence-electron chi connectivity index (χ0n) is 9.95. The predicted octanol–water partition coefficient (Wildman–Crippen LogP) is 2.03. The largest absolute Gasteiger partial charge is 0.481 e. The fourth-order valence-electron chi connectivity index (χ4n) is 2.29. The van der Waals surface area contributed by atoms with Gasteiger partial charge in [-0.2, -0.15) is 0 Å². The first-order valence-corrected chi connectivity index (χ1v) is 6.16. The van der Waals surface area contributed by atoms with Gasteiger partial charge in [0.1, 0.15) is 0 Å². The number of carbonyl (C=O) groups excluding carboxylic acids is 1. The van der Waals surface area contributed by atoms with E-state index in [9.17, 15) is 9.59 Å². The van der Waals surface area contributed by atoms with Crippen molar-refractivity contribution in [2.24, 2.45) is 0 Å². The summed E-state index contributed by atoms with van der Waals surface area (Å²) in [5.41, 5.74) is 0. The highest BCUT2D eigenvalue weighted by Crippen LogP contribution is 2.20. The molecule has 1 atom stereocenters. The highest BCUT2D eigenvalue weighted by Gasteiger charge is 2.24. The lowest BCUT2D eigenvalue weighted by atomic mass is 9.99. The lowest BCUT2D eigenvalue weighted by Gasteiger charge is -2.35. The molecule has 4 heteroatoms. The fraction of sp³-hybridized carbons (Fsp3) is 0.833. The second kappa shape index (κ2) is 6.51. The van der Waals surface area contributed by atoms with Gasteiger partial charge in [-0.25, -0.2) is 0 Å². The highest BCUT2D eigenvalue weighted by molar-refractivity contribution is 5.77. The van der Waals surface area contributed by atoms with E-state index < -0.39 is 5.97 Å². The third kappa shape index (κ3) is 3.83. The minimum absolute atomic E-state index is 0.0936. The Kier molecular flexibility index (Phi) is 5.29. The van der Waals surface area contributed by atoms with E-state index >= 15 is 0 Å². The van der Waals surface area contributed by atoms with Crippen LogP contribution in [0.3, 0.4) is 0 Å². The topological polar surface area (TPSA) is 57.6 Å². The van der Waals surface area contributed by atoms with Crippen LogP contribution in [0.5, 0.6) is 0 Å². The molecule has 16 heavy (non-hydrogen) atoms. The van der Waals surface area contributed by atoms with E-state index in [1.165, 1.54) is 6.42 Å². The zero-order chi connectivity index (χ0) is 12.0. The van der Waals surface area contributed by atoms with Crippen LogP contribution in [0.25, 0.3) is 0 Å². The van der Waals surface area contributed by atoms with Crippen LogP contribution in [0.4, 0.5) is 0 Å². The molecule has 0 saturated carbocycles. The normalized spacial score (nSPS) is 20.8. The number of likely N-dealkylation sites (tertiary alicyclic amines) is 1. The molecule has 1 amide bonds. The second-order valence-corrected chi connectivity index (χ2v) is 4.39. The van der Waals surface area contributed by atoms with Gasteiger partial charge in [0.2, 0.25) is 5.91 Å². The van der Waals surface area contributed by atoms with Gasteiger partial charge in [-0.3, -0.25) is 9.59 Å². The monoisotopic (exact) mass is 227 g/mol. The number of hydrogen-bond donors (Lipinski definition) is 1. The molecule has 0 aliphatic carbocycles. The van der Waals surface area contributed by atoms with Gasteiger partial charge >= 0.3 is 5.97 Å². The molecule has 1 saturated heterocycles. The quantitative estimate of drug-likeness (QED) is 0.781. The molecule has 1 rings (SSSR count). The van der Waals surface area contributed by atoms with Crippen LogP contribution in [0, 0.1) is 0 Å². The average molecular weight is 227 g/mol. The summed E-state index contributed by atoms with van der Waals surface area (Å²) in [4.78, 5) is 24.2. The molecular formula is C12H21NO3. The van der Waals surface area contributed by atoms with Crippen LogP contribution in [-0.2, 0) is 9.59 Å². The van der Waals surface area contributed by atoms with Crippen molar-refractivity contribution in [3.8, 4) is 0 Å². The van der Waals surface area contributed by atoms with E-state index in [4.69, 9.17) is 5.11 Å². The minimum atomic E-state index is -0.821. The first-order chi connectivity index (χ1) is 7.65. The van der Waals surface area contributed by atoms with Crippen LogP contribution in [0.2, 0.25) is 0 Å². The van der Waals surface area contributed by atoms with E-state index in [1.54, 1.807) is 0 Å². The fourth-order valence-corrected chi connectivity index (χ4v) is 2.29. The Morgan fingerprint density at radius 3 is 2.69 bits per heavy atom. The van der Waals surface area contributed by atoms with Crippen LogP contribution < -0.4 is 0 Å². The van der Waals surface area contributed by atoms with Gasteiger partial charge in [0.05, 0.1) is 0 Å². The molecule has 0 aromatic heterocycles. The molecule has 1 aliphatic heterocycles. The van der Waals surface area contributed by atoms with Crippen molar-refractivity contribution >= 4 is 11.9 Å². The minimum Gasteiger partial charge on any atom is -0.481 e. The predicted molar refractivity (Wildman–Crippen MR) is 61.1 cm³/mol. The highest BCUT2D eigenvalue weighted by atomic mass is 16.4. The molecule has 0 bridgehead atoms. The Bertz CT molecular complexity index is 253. The molecule has 92 valence electrons. The Morgan fingerprint density at radius 1 is 1.31 bits per heavy atom. The summed E-state index contributed by atoms with van der Waals surface area (Å²) in [7, 11) is 0. The van der Waals surface area contributed by atoms with Crippen molar-refractivity contribution in [2.75, 3.05) is 6.54 Å². The molecule has 1 fully saturated rings. The number of rotatable bonds is 5. The summed E-state index contributed by atoms with van der Waals surface area (Å²) >= 11 is 0. The smallest absolute Gasteiger partial charge is 0.303 e. The SMILES string of the molecule is CCC1CCCCN1C(=O)CCCC(=O)O. The van der Waals surface area contributed by atoms with Gasteiger partial charge in [0.15, 0.2) is 0 Å². The zero-order valence-corrected chi connectivity index (χ0v) is 9.95. The van der Waals surface area contributed by atoms with Crippen molar-refractivity contribution < 1.29 is 14.7 Å². The Hall–Kier alpha value is -1.06. The Morgan fingerprint density at radius 2 is 2.06 bits per heavy atom. The van der Waals surface area contributed by atoms with Gasteiger partial charge < -0.3 is 10.0 Å². The maximum Gasteiger partial charge on any atom is 0.303 e. The number of piperidine rings is 1. The second-order valence-electron chi connectivity index (χ2n) is 4.39. The standard InChI is InChI=1S/C12H21NO3/c1-2-10-6-3-4-9-13(10)11(14)7-5-8-12(15)16/h10H,2-9H2,1H3,(H,15,16). The number of amides is 1. The van der Waals surface area contributed by atoms with Crippen molar-refractivity contribution in [3.63, 3.8) is 0 Å². The van der Waals surface area contributed by atoms with Crippen molar-refractivity contribution in [1.82, 2.24) is 4.90 Å². The van der Waals surface area contributed by atoms with E-state index in [1.807, 2.05) is 4.90 Å². The van der Waals surface area contributed by atoms with Crippen molar-refractivity contribution in [1.29, 1.82) is 0 Å². The Labute approximate surface area is 96.6 Å². The molecule has 1 aliphatic rings. The van der Waals surface area contributed by atoms with E-state index in [0.29, 0.717) is 18.9 Å². The molecule has 0 spiro atoms. The third-order valence-electron chi connectivity index (χ3n) is 3.20. The van der Waals surface area contributed by atoms with E-state index in [2.05, 4.69) is 6.92 Å². The third-order valence-corrected chi connectivity index (χ3v) is 3.20. The summed E-state index contributed by atoms with van der Waals surface area (Å²) < 4.78 is 0. The van der Waals surface area contributed by atoms with Gasteiger partial charge in [-0.15, -0.1) is 0 Å². The number of carbonyl (C=O) groups is 2. The van der Waals surface area contributed by atoms with Gasteiger partial charge in [-0.05, 0) is 32.1 Å². The molecule has 1 unspecified atom stereocenters. The lowest BCUT2D eigenvalue weighted by molar-refractivity contribution is -0.137. The summed E-state index contributed by atoms with van der Waals surface area (Å²) in [6.07, 6.45) is 5.32. The molecule has 0 aromatic rings. The first-order valence-electron chi connectivity index (χ1n) is 6.16. The molecular weight excluding hydrogens is 206 g/mol. The molecule has 0 aromatic carbocycles. The molecule has 4 nitrogen and oxygen atoms in total. The summed E-state index contributed by atoms with van der Waals surface area (Å²) in [6, 6.07) is 0.381. The van der Waals surface area contributed by atoms with Crippen molar-refractivity contribution in [3.05, 3.63) is 0 Å². The van der Waals surface area contributed by atoms with Crippen LogP contribution in [0.15, 0.2) is 0 Å². The van der Waals surface area contributed by atoms with E-state index in [-0.39, 0.29) is 12.3 Å². The summed E-state index contributed by atoms with van der Waals surface area (Å²) in [5, 5.41) is 8.51. The number of nitrogens with zero attached hydrogens (tertiary/aromatic N) is 1. The van der Waals surface area contributed by atoms with Crippen molar-refractivity contribution in [2.45, 2.75) is 57.9 Å². The van der Waals surface area contributed by atoms with E-state index in [0.717, 1.165) is 25.8 Å². The number of aliphatic carboxylic acids is 1. The molecule has 1 heterocycles.